The molecule has 29 heavy (non-hydrogen) atoms. The molecule has 0 unspecified atom stereocenters. The number of benzene rings is 2. The quantitative estimate of drug-likeness (QED) is 0.484. The zero-order valence-electron chi connectivity index (χ0n) is 16.2. The van der Waals surface area contributed by atoms with E-state index in [9.17, 15) is 8.42 Å². The third-order valence-electron chi connectivity index (χ3n) is 4.73. The number of fused-ring (bicyclic) bond motifs is 1. The highest BCUT2D eigenvalue weighted by Crippen LogP contribution is 2.32. The van der Waals surface area contributed by atoms with Crippen molar-refractivity contribution < 1.29 is 13.2 Å². The minimum Gasteiger partial charge on any atom is -0.495 e. The normalized spacial score (nSPS) is 11.5. The van der Waals surface area contributed by atoms with Gasteiger partial charge < -0.3 is 9.14 Å². The van der Waals surface area contributed by atoms with Gasteiger partial charge in [-0.3, -0.25) is 4.31 Å². The van der Waals surface area contributed by atoms with Gasteiger partial charge in [0.25, 0.3) is 10.0 Å². The van der Waals surface area contributed by atoms with Crippen molar-refractivity contribution in [2.75, 3.05) is 11.4 Å². The molecule has 148 valence electrons. The lowest BCUT2D eigenvalue weighted by Gasteiger charge is -2.25. The Balaban J connectivity index is 1.86. The van der Waals surface area contributed by atoms with Crippen molar-refractivity contribution >= 4 is 21.4 Å². The first-order chi connectivity index (χ1) is 14.0. The summed E-state index contributed by atoms with van der Waals surface area (Å²) >= 11 is 0. The van der Waals surface area contributed by atoms with Crippen LogP contribution in [0.3, 0.4) is 0 Å². The summed E-state index contributed by atoms with van der Waals surface area (Å²) in [4.78, 5) is 4.52. The largest absolute Gasteiger partial charge is 0.495 e. The Hall–Kier alpha value is -3.32. The van der Waals surface area contributed by atoms with Crippen molar-refractivity contribution in [1.82, 2.24) is 9.38 Å². The number of nitrogens with zero attached hydrogens (tertiary/aromatic N) is 3. The third kappa shape index (κ3) is 3.56. The van der Waals surface area contributed by atoms with Crippen molar-refractivity contribution in [2.24, 2.45) is 0 Å². The summed E-state index contributed by atoms with van der Waals surface area (Å²) < 4.78 is 36.1. The Morgan fingerprint density at radius 1 is 1.03 bits per heavy atom. The summed E-state index contributed by atoms with van der Waals surface area (Å²) in [6.45, 7) is 1.99. The number of aryl methyl sites for hydroxylation is 1. The van der Waals surface area contributed by atoms with Gasteiger partial charge in [-0.1, -0.05) is 30.3 Å². The highest BCUT2D eigenvalue weighted by Gasteiger charge is 2.29. The van der Waals surface area contributed by atoms with Crippen LogP contribution in [0.2, 0.25) is 0 Å². The van der Waals surface area contributed by atoms with E-state index in [4.69, 9.17) is 4.74 Å². The Bertz CT molecular complexity index is 1250. The maximum atomic E-state index is 13.7. The summed E-state index contributed by atoms with van der Waals surface area (Å²) in [6.07, 6.45) is 3.58. The first-order valence-electron chi connectivity index (χ1n) is 9.14. The van der Waals surface area contributed by atoms with E-state index in [0.717, 1.165) is 16.9 Å². The molecule has 0 aliphatic heterocycles. The Morgan fingerprint density at radius 3 is 2.55 bits per heavy atom. The van der Waals surface area contributed by atoms with Crippen LogP contribution in [0.15, 0.2) is 84.0 Å². The van der Waals surface area contributed by atoms with Gasteiger partial charge in [-0.25, -0.2) is 13.4 Å². The number of hydrogen-bond donors (Lipinski definition) is 0. The number of methoxy groups -OCH3 is 1. The number of sulfonamides is 1. The summed E-state index contributed by atoms with van der Waals surface area (Å²) in [7, 11) is -2.42. The van der Waals surface area contributed by atoms with E-state index in [1.807, 2.05) is 60.0 Å². The summed E-state index contributed by atoms with van der Waals surface area (Å²) in [6, 6.07) is 19.9. The summed E-state index contributed by atoms with van der Waals surface area (Å²) in [5.74, 6) is 0.315. The summed E-state index contributed by atoms with van der Waals surface area (Å²) in [5, 5.41) is 0. The average Bonchev–Trinajstić information content (AvgIpc) is 3.15. The van der Waals surface area contributed by atoms with Crippen LogP contribution in [0.4, 0.5) is 5.69 Å². The minimum atomic E-state index is -3.90. The highest BCUT2D eigenvalue weighted by molar-refractivity contribution is 7.92. The van der Waals surface area contributed by atoms with Crippen molar-refractivity contribution in [3.63, 3.8) is 0 Å². The predicted molar refractivity (Wildman–Crippen MR) is 113 cm³/mol. The molecule has 0 atom stereocenters. The number of aromatic nitrogens is 2. The van der Waals surface area contributed by atoms with Gasteiger partial charge in [0, 0.05) is 6.20 Å². The maximum Gasteiger partial charge on any atom is 0.268 e. The van der Waals surface area contributed by atoms with Gasteiger partial charge in [0.15, 0.2) is 0 Å². The molecule has 2 aromatic carbocycles. The molecule has 0 aliphatic carbocycles. The second-order valence-electron chi connectivity index (χ2n) is 6.68. The molecule has 0 aliphatic rings. The Labute approximate surface area is 170 Å². The number of para-hydroxylation sites is 1. The van der Waals surface area contributed by atoms with Crippen LogP contribution in [0.1, 0.15) is 11.3 Å². The number of pyridine rings is 1. The first-order valence-corrected chi connectivity index (χ1v) is 10.6. The molecule has 2 aromatic heterocycles. The van der Waals surface area contributed by atoms with E-state index >= 15 is 0 Å². The fraction of sp³-hybridized carbons (Fsp3) is 0.136. The van der Waals surface area contributed by atoms with Crippen LogP contribution in [-0.4, -0.2) is 24.9 Å². The number of hydrogen-bond acceptors (Lipinski definition) is 4. The van der Waals surface area contributed by atoms with Gasteiger partial charge in [-0.2, -0.15) is 0 Å². The molecule has 0 amide bonds. The monoisotopic (exact) mass is 407 g/mol. The molecular formula is C22H21N3O3S. The third-order valence-corrected chi connectivity index (χ3v) is 6.53. The second kappa shape index (κ2) is 7.60. The molecular weight excluding hydrogens is 386 g/mol. The lowest BCUT2D eigenvalue weighted by Crippen LogP contribution is -2.31. The number of rotatable bonds is 6. The van der Waals surface area contributed by atoms with E-state index < -0.39 is 10.0 Å². The molecule has 7 heteroatoms. The summed E-state index contributed by atoms with van der Waals surface area (Å²) in [5.41, 5.74) is 2.94. The molecule has 0 saturated carbocycles. The van der Waals surface area contributed by atoms with Crippen LogP contribution in [0.5, 0.6) is 5.75 Å². The number of anilines is 1. The van der Waals surface area contributed by atoms with E-state index in [2.05, 4.69) is 4.98 Å². The van der Waals surface area contributed by atoms with Crippen LogP contribution < -0.4 is 9.04 Å². The Kier molecular flexibility index (Phi) is 4.98. The average molecular weight is 407 g/mol. The van der Waals surface area contributed by atoms with Crippen LogP contribution >= 0.6 is 0 Å². The van der Waals surface area contributed by atoms with Crippen molar-refractivity contribution in [3.8, 4) is 5.75 Å². The maximum absolute atomic E-state index is 13.7. The van der Waals surface area contributed by atoms with Crippen LogP contribution in [0.25, 0.3) is 5.65 Å². The SMILES string of the molecule is COc1ccc(C)cc1S(=O)(=O)N(Cc1cnc2ccccn12)c1ccccc1. The second-order valence-corrected chi connectivity index (χ2v) is 8.51. The zero-order chi connectivity index (χ0) is 20.4. The van der Waals surface area contributed by atoms with Gasteiger partial charge in [0.05, 0.1) is 31.2 Å². The predicted octanol–water partition coefficient (Wildman–Crippen LogP) is 4.05. The van der Waals surface area contributed by atoms with Gasteiger partial charge in [0.2, 0.25) is 0 Å². The van der Waals surface area contributed by atoms with E-state index in [0.29, 0.717) is 11.4 Å². The molecule has 6 nitrogen and oxygen atoms in total. The standard InChI is InChI=1S/C22H21N3O3S/c1-17-11-12-20(28-2)21(14-17)29(26,27)25(18-8-4-3-5-9-18)16-19-15-23-22-10-6-7-13-24(19)22/h3-15H,16H2,1-2H3. The molecule has 4 aromatic rings. The van der Waals surface area contributed by atoms with Gasteiger partial charge >= 0.3 is 0 Å². The van der Waals surface area contributed by atoms with Gasteiger partial charge in [-0.05, 0) is 48.9 Å². The lowest BCUT2D eigenvalue weighted by molar-refractivity contribution is 0.402. The number of ether oxygens (including phenoxy) is 1. The molecule has 0 N–H and O–H groups in total. The molecule has 0 saturated heterocycles. The van der Waals surface area contributed by atoms with E-state index in [1.165, 1.54) is 11.4 Å². The van der Waals surface area contributed by atoms with E-state index in [1.54, 1.807) is 30.5 Å². The lowest BCUT2D eigenvalue weighted by atomic mass is 10.2. The topological polar surface area (TPSA) is 63.9 Å². The number of imidazole rings is 1. The van der Waals surface area contributed by atoms with Crippen molar-refractivity contribution in [1.29, 1.82) is 0 Å². The van der Waals surface area contributed by atoms with Gasteiger partial charge in [-0.15, -0.1) is 0 Å². The fourth-order valence-electron chi connectivity index (χ4n) is 3.26. The van der Waals surface area contributed by atoms with Crippen LogP contribution in [-0.2, 0) is 16.6 Å². The first kappa shape index (κ1) is 19.0. The minimum absolute atomic E-state index is 0.134. The molecule has 2 heterocycles. The molecule has 0 spiro atoms. The van der Waals surface area contributed by atoms with Crippen molar-refractivity contribution in [3.05, 3.63) is 90.4 Å². The smallest absolute Gasteiger partial charge is 0.268 e. The molecule has 0 bridgehead atoms. The van der Waals surface area contributed by atoms with Gasteiger partial charge in [0.1, 0.15) is 16.3 Å². The molecule has 0 fully saturated rings. The molecule has 4 rings (SSSR count). The van der Waals surface area contributed by atoms with Crippen molar-refractivity contribution in [2.45, 2.75) is 18.4 Å². The van der Waals surface area contributed by atoms with E-state index in [-0.39, 0.29) is 11.4 Å². The fourth-order valence-corrected chi connectivity index (χ4v) is 4.94. The highest BCUT2D eigenvalue weighted by atomic mass is 32.2. The Morgan fingerprint density at radius 2 is 1.79 bits per heavy atom. The molecule has 0 radical (unpaired) electrons. The van der Waals surface area contributed by atoms with Crippen LogP contribution in [0, 0.1) is 6.92 Å². The zero-order valence-corrected chi connectivity index (χ0v) is 17.0.